The zero-order chi connectivity index (χ0) is 22.7. The Morgan fingerprint density at radius 2 is 1.75 bits per heavy atom. The standard InChI is InChI=1S/C25H30N2O4S/c1-19(29)9-10-20-11-13-21(14-12-20)25-23-17-26(15-5-6-16-27(23)24(25)18-28)32(30,31)22-7-3-2-4-8-22/h2-4,7-8,11-14,19,23-25,28-29H,5-6,15-18H2,1H3/t19-,23-,24+,25-/m1/s1. The largest absolute Gasteiger partial charge is 0.395 e. The van der Waals surface area contributed by atoms with Crippen LogP contribution < -0.4 is 0 Å². The smallest absolute Gasteiger partial charge is 0.243 e. The Kier molecular flexibility index (Phi) is 6.99. The SMILES string of the molecule is C[C@@H](O)C#Cc1ccc([C@@H]2[C@H]3CN(S(=O)(=O)c4ccccc4)CCCCN3[C@H]2CO)cc1. The predicted molar refractivity (Wildman–Crippen MR) is 124 cm³/mol. The maximum atomic E-state index is 13.3. The molecule has 170 valence electrons. The predicted octanol–water partition coefficient (Wildman–Crippen LogP) is 2.03. The minimum atomic E-state index is -3.57. The third kappa shape index (κ3) is 4.61. The van der Waals surface area contributed by atoms with Crippen LogP contribution in [0, 0.1) is 11.8 Å². The number of fused-ring (bicyclic) bond motifs is 1. The molecule has 6 nitrogen and oxygen atoms in total. The molecular weight excluding hydrogens is 424 g/mol. The van der Waals surface area contributed by atoms with Gasteiger partial charge in [-0.2, -0.15) is 4.31 Å². The van der Waals surface area contributed by atoms with Crippen molar-refractivity contribution in [3.63, 3.8) is 0 Å². The average molecular weight is 455 g/mol. The second-order valence-corrected chi connectivity index (χ2v) is 10.5. The Balaban J connectivity index is 1.60. The molecule has 0 bridgehead atoms. The van der Waals surface area contributed by atoms with Crippen molar-refractivity contribution in [3.05, 3.63) is 65.7 Å². The van der Waals surface area contributed by atoms with E-state index in [0.29, 0.717) is 18.0 Å². The molecule has 4 atom stereocenters. The van der Waals surface area contributed by atoms with Crippen molar-refractivity contribution in [1.82, 2.24) is 9.21 Å². The molecule has 4 rings (SSSR count). The first-order chi connectivity index (χ1) is 15.4. The summed E-state index contributed by atoms with van der Waals surface area (Å²) in [5, 5.41) is 19.5. The van der Waals surface area contributed by atoms with Crippen molar-refractivity contribution >= 4 is 10.0 Å². The fraction of sp³-hybridized carbons (Fsp3) is 0.440. The molecule has 32 heavy (non-hydrogen) atoms. The normalized spacial score (nSPS) is 25.4. The monoisotopic (exact) mass is 454 g/mol. The molecule has 0 amide bonds. The second kappa shape index (κ2) is 9.74. The lowest BCUT2D eigenvalue weighted by molar-refractivity contribution is -0.0553. The van der Waals surface area contributed by atoms with E-state index < -0.39 is 16.1 Å². The van der Waals surface area contributed by atoms with Crippen LogP contribution in [0.25, 0.3) is 0 Å². The number of hydrogen-bond acceptors (Lipinski definition) is 5. The molecule has 2 heterocycles. The fourth-order valence-electron chi connectivity index (χ4n) is 4.85. The molecule has 0 spiro atoms. The van der Waals surface area contributed by atoms with Gasteiger partial charge in [0.1, 0.15) is 6.10 Å². The van der Waals surface area contributed by atoms with E-state index in [4.69, 9.17) is 0 Å². The van der Waals surface area contributed by atoms with Gasteiger partial charge in [-0.05, 0) is 56.1 Å². The lowest BCUT2D eigenvalue weighted by atomic mass is 9.74. The van der Waals surface area contributed by atoms with Crippen LogP contribution in [-0.2, 0) is 10.0 Å². The van der Waals surface area contributed by atoms with Crippen LogP contribution in [-0.4, -0.2) is 72.3 Å². The highest BCUT2D eigenvalue weighted by Crippen LogP contribution is 2.42. The van der Waals surface area contributed by atoms with Crippen molar-refractivity contribution in [2.24, 2.45) is 0 Å². The molecule has 2 aromatic carbocycles. The van der Waals surface area contributed by atoms with Crippen molar-refractivity contribution in [2.75, 3.05) is 26.2 Å². The first-order valence-corrected chi connectivity index (χ1v) is 12.6. The van der Waals surface area contributed by atoms with Crippen LogP contribution in [0.4, 0.5) is 0 Å². The van der Waals surface area contributed by atoms with Crippen molar-refractivity contribution in [2.45, 2.75) is 48.8 Å². The van der Waals surface area contributed by atoms with Gasteiger partial charge in [0.25, 0.3) is 0 Å². The Morgan fingerprint density at radius 1 is 1.06 bits per heavy atom. The Bertz CT molecular complexity index is 1070. The van der Waals surface area contributed by atoms with E-state index in [1.165, 1.54) is 0 Å². The third-order valence-electron chi connectivity index (χ3n) is 6.43. The van der Waals surface area contributed by atoms with E-state index in [1.807, 2.05) is 30.3 Å². The van der Waals surface area contributed by atoms with E-state index in [9.17, 15) is 18.6 Å². The number of aliphatic hydroxyl groups is 2. The van der Waals surface area contributed by atoms with Crippen LogP contribution in [0.2, 0.25) is 0 Å². The van der Waals surface area contributed by atoms with Gasteiger partial charge in [-0.25, -0.2) is 8.42 Å². The van der Waals surface area contributed by atoms with Gasteiger partial charge in [-0.1, -0.05) is 42.2 Å². The van der Waals surface area contributed by atoms with Gasteiger partial charge in [-0.3, -0.25) is 4.90 Å². The summed E-state index contributed by atoms with van der Waals surface area (Å²) in [5.41, 5.74) is 1.89. The summed E-state index contributed by atoms with van der Waals surface area (Å²) < 4.78 is 28.2. The lowest BCUT2D eigenvalue weighted by Gasteiger charge is -2.57. The van der Waals surface area contributed by atoms with E-state index in [1.54, 1.807) is 35.5 Å². The molecule has 2 saturated heterocycles. The highest BCUT2D eigenvalue weighted by Gasteiger charge is 2.50. The van der Waals surface area contributed by atoms with Crippen LogP contribution in [0.5, 0.6) is 0 Å². The minimum absolute atomic E-state index is 0.0142. The van der Waals surface area contributed by atoms with Gasteiger partial charge < -0.3 is 10.2 Å². The Hall–Kier alpha value is -2.21. The topological polar surface area (TPSA) is 81.1 Å². The summed E-state index contributed by atoms with van der Waals surface area (Å²) in [4.78, 5) is 2.58. The summed E-state index contributed by atoms with van der Waals surface area (Å²) in [6, 6.07) is 16.5. The maximum Gasteiger partial charge on any atom is 0.243 e. The number of aliphatic hydroxyl groups excluding tert-OH is 2. The molecule has 2 fully saturated rings. The molecule has 7 heteroatoms. The molecule has 2 aromatic rings. The summed E-state index contributed by atoms with van der Waals surface area (Å²) in [5.74, 6) is 5.73. The molecule has 0 saturated carbocycles. The third-order valence-corrected chi connectivity index (χ3v) is 8.31. The first kappa shape index (κ1) is 23.0. The quantitative estimate of drug-likeness (QED) is 0.691. The molecule has 2 aliphatic heterocycles. The van der Waals surface area contributed by atoms with E-state index in [2.05, 4.69) is 16.7 Å². The molecule has 2 aliphatic rings. The highest BCUT2D eigenvalue weighted by molar-refractivity contribution is 7.89. The van der Waals surface area contributed by atoms with Gasteiger partial charge >= 0.3 is 0 Å². The summed E-state index contributed by atoms with van der Waals surface area (Å²) in [6.07, 6.45) is 1.02. The van der Waals surface area contributed by atoms with Crippen LogP contribution in [0.1, 0.15) is 36.8 Å². The molecule has 0 aromatic heterocycles. The van der Waals surface area contributed by atoms with E-state index >= 15 is 0 Å². The van der Waals surface area contributed by atoms with Crippen LogP contribution in [0.3, 0.4) is 0 Å². The van der Waals surface area contributed by atoms with Gasteiger partial charge in [0.15, 0.2) is 0 Å². The van der Waals surface area contributed by atoms with Crippen LogP contribution >= 0.6 is 0 Å². The van der Waals surface area contributed by atoms with E-state index in [-0.39, 0.29) is 24.6 Å². The van der Waals surface area contributed by atoms with Crippen molar-refractivity contribution in [3.8, 4) is 11.8 Å². The van der Waals surface area contributed by atoms with Gasteiger partial charge in [-0.15, -0.1) is 0 Å². The van der Waals surface area contributed by atoms with Gasteiger partial charge in [0.2, 0.25) is 10.0 Å². The fourth-order valence-corrected chi connectivity index (χ4v) is 6.36. The lowest BCUT2D eigenvalue weighted by Crippen LogP contribution is -2.67. The molecule has 2 N–H and O–H groups in total. The molecule has 0 unspecified atom stereocenters. The molecular formula is C25H30N2O4S. The first-order valence-electron chi connectivity index (χ1n) is 11.1. The van der Waals surface area contributed by atoms with Crippen molar-refractivity contribution < 1.29 is 18.6 Å². The Labute approximate surface area is 190 Å². The average Bonchev–Trinajstić information content (AvgIpc) is 2.78. The molecule has 0 aliphatic carbocycles. The van der Waals surface area contributed by atoms with Crippen LogP contribution in [0.15, 0.2) is 59.5 Å². The maximum absolute atomic E-state index is 13.3. The summed E-state index contributed by atoms with van der Waals surface area (Å²) in [7, 11) is -3.57. The number of sulfonamides is 1. The van der Waals surface area contributed by atoms with Crippen molar-refractivity contribution in [1.29, 1.82) is 0 Å². The van der Waals surface area contributed by atoms with Gasteiger partial charge in [0, 0.05) is 36.7 Å². The minimum Gasteiger partial charge on any atom is -0.395 e. The van der Waals surface area contributed by atoms with Gasteiger partial charge in [0.05, 0.1) is 11.5 Å². The second-order valence-electron chi connectivity index (χ2n) is 8.53. The Morgan fingerprint density at radius 3 is 2.41 bits per heavy atom. The zero-order valence-corrected chi connectivity index (χ0v) is 19.1. The van der Waals surface area contributed by atoms with E-state index in [0.717, 1.165) is 30.5 Å². The number of rotatable bonds is 4. The highest BCUT2D eigenvalue weighted by atomic mass is 32.2. The molecule has 0 radical (unpaired) electrons. The number of hydrogen-bond donors (Lipinski definition) is 2. The number of nitrogens with zero attached hydrogens (tertiary/aromatic N) is 2. The summed E-state index contributed by atoms with van der Waals surface area (Å²) in [6.45, 7) is 3.44. The summed E-state index contributed by atoms with van der Waals surface area (Å²) >= 11 is 0. The number of benzene rings is 2. The zero-order valence-electron chi connectivity index (χ0n) is 18.3.